The predicted molar refractivity (Wildman–Crippen MR) is 132 cm³/mol. The molecule has 0 radical (unpaired) electrons. The first-order valence-corrected chi connectivity index (χ1v) is 12.9. The van der Waals surface area contributed by atoms with Gasteiger partial charge in [-0.05, 0) is 31.6 Å². The second kappa shape index (κ2) is 10.9. The number of ether oxygens (including phenoxy) is 3. The molecule has 2 aliphatic heterocycles. The third-order valence-electron chi connectivity index (χ3n) is 7.77. The molecule has 1 amide bonds. The maximum atomic E-state index is 13.3. The Balaban J connectivity index is 1.32. The summed E-state index contributed by atoms with van der Waals surface area (Å²) >= 11 is 0. The van der Waals surface area contributed by atoms with Crippen molar-refractivity contribution >= 4 is 17.6 Å². The standard InChI is InChI=1S/C26H35N5O5/c1-34-25(33)19-14-22-23(36-17-35-22)15-21(19)28-24(32)20-10-11-26(30-29-20,31-13-12-27-16-31)18-8-6-4-2-3-5-7-9-18/h12-16,18,20,29-30H,2-11,17H2,1H3,(H,28,32). The molecule has 10 heteroatoms. The number of anilines is 1. The Labute approximate surface area is 211 Å². The van der Waals surface area contributed by atoms with Crippen molar-refractivity contribution in [3.63, 3.8) is 0 Å². The van der Waals surface area contributed by atoms with Crippen LogP contribution in [0.25, 0.3) is 0 Å². The molecule has 2 fully saturated rings. The van der Waals surface area contributed by atoms with Gasteiger partial charge in [0.15, 0.2) is 11.5 Å². The highest BCUT2D eigenvalue weighted by atomic mass is 16.7. The van der Waals surface area contributed by atoms with Crippen LogP contribution in [-0.4, -0.2) is 41.4 Å². The highest BCUT2D eigenvalue weighted by molar-refractivity contribution is 6.03. The number of esters is 1. The van der Waals surface area contributed by atoms with Gasteiger partial charge in [-0.3, -0.25) is 4.79 Å². The zero-order chi connectivity index (χ0) is 25.0. The van der Waals surface area contributed by atoms with Crippen molar-refractivity contribution in [1.82, 2.24) is 20.4 Å². The van der Waals surface area contributed by atoms with E-state index in [1.54, 1.807) is 6.07 Å². The lowest BCUT2D eigenvalue weighted by molar-refractivity contribution is -0.120. The average Bonchev–Trinajstić information content (AvgIpc) is 3.62. The fourth-order valence-electron chi connectivity index (χ4n) is 5.77. The Morgan fingerprint density at radius 3 is 2.44 bits per heavy atom. The van der Waals surface area contributed by atoms with Crippen molar-refractivity contribution in [2.45, 2.75) is 75.9 Å². The molecule has 1 aromatic heterocycles. The highest BCUT2D eigenvalue weighted by Gasteiger charge is 2.44. The molecule has 0 bridgehead atoms. The number of fused-ring (bicyclic) bond motifs is 1. The van der Waals surface area contributed by atoms with Crippen LogP contribution in [0.15, 0.2) is 30.9 Å². The van der Waals surface area contributed by atoms with Gasteiger partial charge in [0.1, 0.15) is 11.7 Å². The lowest BCUT2D eigenvalue weighted by Crippen LogP contribution is -2.65. The van der Waals surface area contributed by atoms with Gasteiger partial charge in [-0.2, -0.15) is 0 Å². The summed E-state index contributed by atoms with van der Waals surface area (Å²) in [4.78, 5) is 30.0. The van der Waals surface area contributed by atoms with E-state index in [4.69, 9.17) is 14.2 Å². The number of imidazole rings is 1. The number of rotatable bonds is 5. The topological polar surface area (TPSA) is 116 Å². The van der Waals surface area contributed by atoms with Gasteiger partial charge in [0.2, 0.25) is 12.7 Å². The molecule has 5 rings (SSSR count). The number of nitrogens with one attached hydrogen (secondary N) is 3. The Bertz CT molecular complexity index is 1050. The normalized spacial score (nSPS) is 24.9. The minimum atomic E-state index is -0.558. The largest absolute Gasteiger partial charge is 0.465 e. The van der Waals surface area contributed by atoms with Crippen LogP contribution in [0.4, 0.5) is 5.69 Å². The number of nitrogens with zero attached hydrogens (tertiary/aromatic N) is 2. The van der Waals surface area contributed by atoms with Crippen LogP contribution < -0.4 is 25.6 Å². The van der Waals surface area contributed by atoms with Gasteiger partial charge < -0.3 is 24.1 Å². The van der Waals surface area contributed by atoms with Crippen LogP contribution in [0.3, 0.4) is 0 Å². The van der Waals surface area contributed by atoms with Gasteiger partial charge >= 0.3 is 5.97 Å². The Morgan fingerprint density at radius 1 is 1.08 bits per heavy atom. The van der Waals surface area contributed by atoms with Gasteiger partial charge in [-0.1, -0.05) is 38.5 Å². The lowest BCUT2D eigenvalue weighted by Gasteiger charge is -2.47. The molecule has 1 saturated carbocycles. The molecule has 1 aliphatic carbocycles. The molecule has 3 N–H and O–H groups in total. The zero-order valence-electron chi connectivity index (χ0n) is 20.8. The van der Waals surface area contributed by atoms with E-state index in [0.717, 1.165) is 19.3 Å². The first-order valence-electron chi connectivity index (χ1n) is 12.9. The fourth-order valence-corrected chi connectivity index (χ4v) is 5.77. The molecule has 36 heavy (non-hydrogen) atoms. The number of methoxy groups -OCH3 is 1. The third-order valence-corrected chi connectivity index (χ3v) is 7.77. The number of carbonyl (C=O) groups is 2. The number of hydrogen-bond donors (Lipinski definition) is 3. The van der Waals surface area contributed by atoms with E-state index in [1.807, 2.05) is 18.7 Å². The van der Waals surface area contributed by atoms with Gasteiger partial charge in [0.05, 0.1) is 24.7 Å². The van der Waals surface area contributed by atoms with Crippen LogP contribution in [-0.2, 0) is 15.2 Å². The minimum Gasteiger partial charge on any atom is -0.465 e. The summed E-state index contributed by atoms with van der Waals surface area (Å²) in [5, 5.41) is 2.90. The predicted octanol–water partition coefficient (Wildman–Crippen LogP) is 3.70. The number of benzene rings is 1. The molecule has 10 nitrogen and oxygen atoms in total. The van der Waals surface area contributed by atoms with Crippen molar-refractivity contribution in [2.24, 2.45) is 5.92 Å². The van der Waals surface area contributed by atoms with Crippen molar-refractivity contribution in [2.75, 3.05) is 19.2 Å². The summed E-state index contributed by atoms with van der Waals surface area (Å²) in [6.07, 6.45) is 17.0. The molecule has 194 valence electrons. The monoisotopic (exact) mass is 497 g/mol. The maximum Gasteiger partial charge on any atom is 0.340 e. The van der Waals surface area contributed by atoms with E-state index < -0.39 is 12.0 Å². The number of carbonyl (C=O) groups excluding carboxylic acids is 2. The van der Waals surface area contributed by atoms with Crippen LogP contribution >= 0.6 is 0 Å². The summed E-state index contributed by atoms with van der Waals surface area (Å²) in [7, 11) is 1.30. The van der Waals surface area contributed by atoms with Gasteiger partial charge in [-0.15, -0.1) is 0 Å². The van der Waals surface area contributed by atoms with E-state index in [-0.39, 0.29) is 23.9 Å². The van der Waals surface area contributed by atoms with Gasteiger partial charge in [-0.25, -0.2) is 20.6 Å². The number of aromatic nitrogens is 2. The van der Waals surface area contributed by atoms with E-state index in [9.17, 15) is 9.59 Å². The molecule has 1 saturated heterocycles. The van der Waals surface area contributed by atoms with Crippen LogP contribution in [0.5, 0.6) is 11.5 Å². The SMILES string of the molecule is COC(=O)c1cc2c(cc1NC(=O)C1CCC(C3CCCCCCCC3)(n3ccnc3)NN1)OCO2. The van der Waals surface area contributed by atoms with Crippen LogP contribution in [0.1, 0.15) is 74.6 Å². The van der Waals surface area contributed by atoms with Crippen LogP contribution in [0.2, 0.25) is 0 Å². The molecular weight excluding hydrogens is 462 g/mol. The Kier molecular flexibility index (Phi) is 7.43. The Morgan fingerprint density at radius 2 is 1.81 bits per heavy atom. The van der Waals surface area contributed by atoms with E-state index in [2.05, 4.69) is 25.7 Å². The number of hydrogen-bond acceptors (Lipinski definition) is 8. The molecule has 0 spiro atoms. The lowest BCUT2D eigenvalue weighted by atomic mass is 9.79. The highest BCUT2D eigenvalue weighted by Crippen LogP contribution is 2.40. The molecule has 2 aromatic rings. The molecule has 3 aliphatic rings. The average molecular weight is 498 g/mol. The summed E-state index contributed by atoms with van der Waals surface area (Å²) in [6, 6.07) is 2.67. The Hall–Kier alpha value is -3.11. The van der Waals surface area contributed by atoms with Gasteiger partial charge in [0, 0.05) is 24.5 Å². The quantitative estimate of drug-likeness (QED) is 0.536. The number of amides is 1. The first-order chi connectivity index (χ1) is 17.6. The second-order valence-electron chi connectivity index (χ2n) is 9.88. The molecular formula is C26H35N5O5. The summed E-state index contributed by atoms with van der Waals surface area (Å²) < 4.78 is 17.9. The molecule has 2 unspecified atom stereocenters. The smallest absolute Gasteiger partial charge is 0.340 e. The molecule has 1 aromatic carbocycles. The van der Waals surface area contributed by atoms with Crippen molar-refractivity contribution < 1.29 is 23.8 Å². The summed E-state index contributed by atoms with van der Waals surface area (Å²) in [6.45, 7) is 0.0684. The van der Waals surface area contributed by atoms with Crippen molar-refractivity contribution in [1.29, 1.82) is 0 Å². The second-order valence-corrected chi connectivity index (χ2v) is 9.88. The van der Waals surface area contributed by atoms with Crippen LogP contribution in [0, 0.1) is 5.92 Å². The minimum absolute atomic E-state index is 0.0684. The maximum absolute atomic E-state index is 13.3. The van der Waals surface area contributed by atoms with Gasteiger partial charge in [0.25, 0.3) is 0 Å². The summed E-state index contributed by atoms with van der Waals surface area (Å²) in [5.41, 5.74) is 7.07. The fraction of sp³-hybridized carbons (Fsp3) is 0.577. The third kappa shape index (κ3) is 4.92. The van der Waals surface area contributed by atoms with Crippen molar-refractivity contribution in [3.05, 3.63) is 36.4 Å². The van der Waals surface area contributed by atoms with E-state index in [0.29, 0.717) is 29.5 Å². The molecule has 3 heterocycles. The van der Waals surface area contributed by atoms with E-state index in [1.165, 1.54) is 51.7 Å². The summed E-state index contributed by atoms with van der Waals surface area (Å²) in [5.74, 6) is 0.567. The van der Waals surface area contributed by atoms with Crippen molar-refractivity contribution in [3.8, 4) is 11.5 Å². The first kappa shape index (κ1) is 24.6. The molecule has 2 atom stereocenters. The number of hydrazine groups is 1. The van der Waals surface area contributed by atoms with E-state index >= 15 is 0 Å². The zero-order valence-corrected chi connectivity index (χ0v) is 20.8.